The second kappa shape index (κ2) is 8.67. The van der Waals surface area contributed by atoms with Gasteiger partial charge in [0.25, 0.3) is 11.5 Å². The van der Waals surface area contributed by atoms with Crippen LogP contribution in [-0.4, -0.2) is 76.8 Å². The highest BCUT2D eigenvalue weighted by molar-refractivity contribution is 6.07. The molecule has 2 aliphatic rings. The van der Waals surface area contributed by atoms with Crippen LogP contribution in [0.25, 0.3) is 21.8 Å². The van der Waals surface area contributed by atoms with Crippen molar-refractivity contribution in [3.8, 4) is 0 Å². The van der Waals surface area contributed by atoms with Gasteiger partial charge in [0, 0.05) is 50.2 Å². The number of likely N-dealkylation sites (N-methyl/N-ethyl adjacent to an activating group) is 1. The summed E-state index contributed by atoms with van der Waals surface area (Å²) in [7, 11) is 2.14. The summed E-state index contributed by atoms with van der Waals surface area (Å²) in [6.07, 6.45) is 6.20. The Balaban J connectivity index is 1.43. The van der Waals surface area contributed by atoms with E-state index in [1.165, 1.54) is 12.8 Å². The van der Waals surface area contributed by atoms with E-state index in [9.17, 15) is 9.59 Å². The number of nitrogens with one attached hydrogen (secondary N) is 2. The lowest BCUT2D eigenvalue weighted by atomic mass is 10.0. The van der Waals surface area contributed by atoms with Gasteiger partial charge in [0.05, 0.1) is 28.7 Å². The van der Waals surface area contributed by atoms with E-state index in [2.05, 4.69) is 32.2 Å². The summed E-state index contributed by atoms with van der Waals surface area (Å²) in [6, 6.07) is 4.17. The maximum atomic E-state index is 13.1. The Morgan fingerprint density at radius 1 is 1.16 bits per heavy atom. The standard InChI is InChI=1S/C24H32N6O2/c1-16-13-21-19(14-18(16)23(31)25-7-8-29-11-9-28(2)10-12-29)22-20(24(32)27-21)15-26-30(22)17-5-3-4-6-17/h13-15,17H,3-12H2,1-2H3,(H,25,31)(H,27,32). The number of benzene rings is 1. The Labute approximate surface area is 187 Å². The van der Waals surface area contributed by atoms with Crippen LogP contribution in [0.15, 0.2) is 23.1 Å². The lowest BCUT2D eigenvalue weighted by Crippen LogP contribution is -2.46. The minimum Gasteiger partial charge on any atom is -0.351 e. The highest BCUT2D eigenvalue weighted by Gasteiger charge is 2.23. The summed E-state index contributed by atoms with van der Waals surface area (Å²) in [5.41, 5.74) is 3.00. The van der Waals surface area contributed by atoms with Crippen molar-refractivity contribution in [3.63, 3.8) is 0 Å². The fraction of sp³-hybridized carbons (Fsp3) is 0.542. The van der Waals surface area contributed by atoms with Crippen molar-refractivity contribution < 1.29 is 4.79 Å². The van der Waals surface area contributed by atoms with E-state index in [0.29, 0.717) is 23.5 Å². The van der Waals surface area contributed by atoms with E-state index in [-0.39, 0.29) is 11.5 Å². The fourth-order valence-electron chi connectivity index (χ4n) is 5.16. The lowest BCUT2D eigenvalue weighted by Gasteiger charge is -2.32. The highest BCUT2D eigenvalue weighted by Crippen LogP contribution is 2.33. The van der Waals surface area contributed by atoms with E-state index in [4.69, 9.17) is 0 Å². The molecule has 8 heteroatoms. The average Bonchev–Trinajstić information content (AvgIpc) is 3.45. The number of hydrogen-bond donors (Lipinski definition) is 2. The SMILES string of the molecule is Cc1cc2[nH]c(=O)c3cnn(C4CCCC4)c3c2cc1C(=O)NCCN1CCN(C)CC1. The van der Waals surface area contributed by atoms with Crippen molar-refractivity contribution in [1.29, 1.82) is 0 Å². The van der Waals surface area contributed by atoms with Gasteiger partial charge in [-0.2, -0.15) is 5.10 Å². The molecule has 32 heavy (non-hydrogen) atoms. The predicted octanol–water partition coefficient (Wildman–Crippen LogP) is 2.28. The monoisotopic (exact) mass is 436 g/mol. The number of rotatable bonds is 5. The summed E-state index contributed by atoms with van der Waals surface area (Å²) in [5.74, 6) is -0.0650. The molecule has 1 saturated heterocycles. The average molecular weight is 437 g/mol. The van der Waals surface area contributed by atoms with Crippen LogP contribution in [0.3, 0.4) is 0 Å². The summed E-state index contributed by atoms with van der Waals surface area (Å²) >= 11 is 0. The highest BCUT2D eigenvalue weighted by atomic mass is 16.1. The van der Waals surface area contributed by atoms with Gasteiger partial charge >= 0.3 is 0 Å². The van der Waals surface area contributed by atoms with Crippen molar-refractivity contribution in [2.75, 3.05) is 46.3 Å². The molecule has 170 valence electrons. The summed E-state index contributed by atoms with van der Waals surface area (Å²) in [5, 5.41) is 9.16. The molecule has 0 spiro atoms. The topological polar surface area (TPSA) is 86.3 Å². The number of piperazine rings is 1. The number of nitrogens with zero attached hydrogens (tertiary/aromatic N) is 4. The molecule has 1 saturated carbocycles. The first-order valence-corrected chi connectivity index (χ1v) is 11.7. The predicted molar refractivity (Wildman–Crippen MR) is 126 cm³/mol. The molecule has 3 aromatic rings. The zero-order chi connectivity index (χ0) is 22.2. The van der Waals surface area contributed by atoms with Crippen LogP contribution in [0.5, 0.6) is 0 Å². The maximum Gasteiger partial charge on any atom is 0.259 e. The molecule has 2 aromatic heterocycles. The largest absolute Gasteiger partial charge is 0.351 e. The van der Waals surface area contributed by atoms with Gasteiger partial charge in [-0.3, -0.25) is 19.2 Å². The second-order valence-electron chi connectivity index (χ2n) is 9.36. The number of H-pyrrole nitrogens is 1. The number of pyridine rings is 1. The molecular formula is C24H32N6O2. The van der Waals surface area contributed by atoms with Crippen LogP contribution < -0.4 is 10.9 Å². The molecule has 0 unspecified atom stereocenters. The molecule has 3 heterocycles. The summed E-state index contributed by atoms with van der Waals surface area (Å²) in [6.45, 7) is 7.63. The number of aromatic nitrogens is 3. The Bertz CT molecular complexity index is 1200. The van der Waals surface area contributed by atoms with Crippen LogP contribution in [0.2, 0.25) is 0 Å². The third-order valence-corrected chi connectivity index (χ3v) is 7.13. The molecule has 1 amide bonds. The molecule has 1 aliphatic heterocycles. The van der Waals surface area contributed by atoms with Crippen LogP contribution in [-0.2, 0) is 0 Å². The fourth-order valence-corrected chi connectivity index (χ4v) is 5.16. The molecule has 5 rings (SSSR count). The smallest absolute Gasteiger partial charge is 0.259 e. The molecule has 1 aliphatic carbocycles. The van der Waals surface area contributed by atoms with Crippen LogP contribution >= 0.6 is 0 Å². The van der Waals surface area contributed by atoms with Crippen molar-refractivity contribution in [1.82, 2.24) is 29.9 Å². The Hall–Kier alpha value is -2.71. The zero-order valence-corrected chi connectivity index (χ0v) is 19.0. The van der Waals surface area contributed by atoms with E-state index >= 15 is 0 Å². The summed E-state index contributed by atoms with van der Waals surface area (Å²) < 4.78 is 2.02. The number of aryl methyl sites for hydroxylation is 1. The molecule has 1 aromatic carbocycles. The number of carbonyl (C=O) groups excluding carboxylic acids is 1. The van der Waals surface area contributed by atoms with E-state index in [0.717, 1.165) is 67.5 Å². The van der Waals surface area contributed by atoms with E-state index in [1.807, 2.05) is 23.7 Å². The third-order valence-electron chi connectivity index (χ3n) is 7.13. The number of aromatic amines is 1. The van der Waals surface area contributed by atoms with Crippen molar-refractivity contribution in [2.45, 2.75) is 38.6 Å². The van der Waals surface area contributed by atoms with Gasteiger partial charge < -0.3 is 15.2 Å². The number of carbonyl (C=O) groups is 1. The number of hydrogen-bond acceptors (Lipinski definition) is 5. The molecule has 0 atom stereocenters. The Morgan fingerprint density at radius 3 is 2.66 bits per heavy atom. The van der Waals surface area contributed by atoms with Crippen LogP contribution in [0.1, 0.15) is 47.6 Å². The van der Waals surface area contributed by atoms with Gasteiger partial charge in [0.15, 0.2) is 0 Å². The first-order valence-electron chi connectivity index (χ1n) is 11.7. The van der Waals surface area contributed by atoms with Crippen LogP contribution in [0, 0.1) is 6.92 Å². The summed E-state index contributed by atoms with van der Waals surface area (Å²) in [4.78, 5) is 33.4. The van der Waals surface area contributed by atoms with Gasteiger partial charge in [0.1, 0.15) is 0 Å². The van der Waals surface area contributed by atoms with Gasteiger partial charge in [-0.15, -0.1) is 0 Å². The van der Waals surface area contributed by atoms with Gasteiger partial charge in [0.2, 0.25) is 0 Å². The van der Waals surface area contributed by atoms with E-state index < -0.39 is 0 Å². The number of amides is 1. The molecular weight excluding hydrogens is 404 g/mol. The van der Waals surface area contributed by atoms with Crippen molar-refractivity contribution in [3.05, 3.63) is 39.8 Å². The molecule has 0 bridgehead atoms. The van der Waals surface area contributed by atoms with Crippen molar-refractivity contribution >= 4 is 27.7 Å². The molecule has 2 fully saturated rings. The van der Waals surface area contributed by atoms with Gasteiger partial charge in [-0.05, 0) is 44.5 Å². The van der Waals surface area contributed by atoms with E-state index in [1.54, 1.807) is 6.20 Å². The second-order valence-corrected chi connectivity index (χ2v) is 9.36. The molecule has 0 radical (unpaired) electrons. The third kappa shape index (κ3) is 3.93. The first-order chi connectivity index (χ1) is 15.5. The van der Waals surface area contributed by atoms with Gasteiger partial charge in [-0.1, -0.05) is 12.8 Å². The maximum absolute atomic E-state index is 13.1. The molecule has 2 N–H and O–H groups in total. The normalized spacial score (nSPS) is 18.7. The Kier molecular flexibility index (Phi) is 5.73. The van der Waals surface area contributed by atoms with Crippen LogP contribution in [0.4, 0.5) is 0 Å². The zero-order valence-electron chi connectivity index (χ0n) is 19.0. The quantitative estimate of drug-likeness (QED) is 0.641. The molecule has 8 nitrogen and oxygen atoms in total. The minimum atomic E-state index is -0.125. The number of fused-ring (bicyclic) bond motifs is 3. The lowest BCUT2D eigenvalue weighted by molar-refractivity contribution is 0.0940. The Morgan fingerprint density at radius 2 is 1.91 bits per heavy atom. The minimum absolute atomic E-state index is 0.0650. The van der Waals surface area contributed by atoms with Crippen molar-refractivity contribution in [2.24, 2.45) is 0 Å². The van der Waals surface area contributed by atoms with Gasteiger partial charge in [-0.25, -0.2) is 0 Å². The first kappa shape index (κ1) is 21.2.